The van der Waals surface area contributed by atoms with Crippen LogP contribution in [-0.4, -0.2) is 0 Å². The van der Waals surface area contributed by atoms with Crippen LogP contribution in [0.1, 0.15) is 29.2 Å². The predicted molar refractivity (Wildman–Crippen MR) is 79.0 cm³/mol. The number of anilines is 1. The lowest BCUT2D eigenvalue weighted by Crippen LogP contribution is -2.05. The van der Waals surface area contributed by atoms with Crippen molar-refractivity contribution in [3.63, 3.8) is 0 Å². The van der Waals surface area contributed by atoms with E-state index in [-0.39, 0.29) is 5.82 Å². The third-order valence-corrected chi connectivity index (χ3v) is 3.50. The first-order valence-electron chi connectivity index (χ1n) is 6.69. The first kappa shape index (κ1) is 13.6. The summed E-state index contributed by atoms with van der Waals surface area (Å²) in [6.07, 6.45) is 1.01. The maximum Gasteiger partial charge on any atom is 0.123 e. The minimum absolute atomic E-state index is 0.175. The standard InChI is InChI=1S/C17H20FN/c1-4-14-7-5-6-12(2)17(14)19-11-15-8-9-16(18)10-13(15)3/h5-10,19H,4,11H2,1-3H3. The molecule has 0 saturated heterocycles. The Labute approximate surface area is 114 Å². The van der Waals surface area contributed by atoms with E-state index in [2.05, 4.69) is 37.4 Å². The molecule has 2 heteroatoms. The number of aryl methyl sites for hydroxylation is 3. The zero-order chi connectivity index (χ0) is 13.8. The summed E-state index contributed by atoms with van der Waals surface area (Å²) in [5.41, 5.74) is 5.89. The van der Waals surface area contributed by atoms with Gasteiger partial charge in [-0.3, -0.25) is 0 Å². The van der Waals surface area contributed by atoms with E-state index in [0.29, 0.717) is 0 Å². The number of benzene rings is 2. The summed E-state index contributed by atoms with van der Waals surface area (Å²) in [6, 6.07) is 11.3. The number of halogens is 1. The summed E-state index contributed by atoms with van der Waals surface area (Å²) in [5.74, 6) is -0.175. The molecule has 1 nitrogen and oxygen atoms in total. The molecule has 2 rings (SSSR count). The second-order valence-electron chi connectivity index (χ2n) is 4.89. The second-order valence-corrected chi connectivity index (χ2v) is 4.89. The van der Waals surface area contributed by atoms with Gasteiger partial charge in [-0.2, -0.15) is 0 Å². The van der Waals surface area contributed by atoms with Gasteiger partial charge in [-0.1, -0.05) is 31.2 Å². The van der Waals surface area contributed by atoms with Crippen molar-refractivity contribution in [2.75, 3.05) is 5.32 Å². The van der Waals surface area contributed by atoms with Crippen molar-refractivity contribution < 1.29 is 4.39 Å². The quantitative estimate of drug-likeness (QED) is 0.843. The highest BCUT2D eigenvalue weighted by atomic mass is 19.1. The lowest BCUT2D eigenvalue weighted by atomic mass is 10.0. The third-order valence-electron chi connectivity index (χ3n) is 3.50. The van der Waals surface area contributed by atoms with E-state index in [1.807, 2.05) is 13.0 Å². The van der Waals surface area contributed by atoms with E-state index in [1.165, 1.54) is 22.9 Å². The molecule has 0 aliphatic carbocycles. The van der Waals surface area contributed by atoms with Crippen LogP contribution >= 0.6 is 0 Å². The zero-order valence-electron chi connectivity index (χ0n) is 11.8. The molecule has 0 spiro atoms. The molecule has 2 aromatic carbocycles. The Bertz CT molecular complexity index is 575. The average Bonchev–Trinajstić information content (AvgIpc) is 2.39. The van der Waals surface area contributed by atoms with Crippen molar-refractivity contribution in [2.24, 2.45) is 0 Å². The maximum atomic E-state index is 13.1. The van der Waals surface area contributed by atoms with Gasteiger partial charge in [0, 0.05) is 12.2 Å². The van der Waals surface area contributed by atoms with Crippen molar-refractivity contribution in [3.8, 4) is 0 Å². The molecule has 0 saturated carbocycles. The molecular weight excluding hydrogens is 237 g/mol. The summed E-state index contributed by atoms with van der Waals surface area (Å²) < 4.78 is 13.1. The Morgan fingerprint density at radius 1 is 1.00 bits per heavy atom. The molecule has 0 aromatic heterocycles. The van der Waals surface area contributed by atoms with Gasteiger partial charge >= 0.3 is 0 Å². The Morgan fingerprint density at radius 2 is 1.79 bits per heavy atom. The van der Waals surface area contributed by atoms with Crippen LogP contribution in [0.2, 0.25) is 0 Å². The highest BCUT2D eigenvalue weighted by molar-refractivity contribution is 5.57. The van der Waals surface area contributed by atoms with Crippen molar-refractivity contribution >= 4 is 5.69 Å². The first-order chi connectivity index (χ1) is 9.11. The SMILES string of the molecule is CCc1cccc(C)c1NCc1ccc(F)cc1C. The largest absolute Gasteiger partial charge is 0.381 e. The first-order valence-corrected chi connectivity index (χ1v) is 6.69. The zero-order valence-corrected chi connectivity index (χ0v) is 11.8. The molecule has 0 aliphatic rings. The van der Waals surface area contributed by atoms with Crippen LogP contribution < -0.4 is 5.32 Å². The minimum Gasteiger partial charge on any atom is -0.381 e. The summed E-state index contributed by atoms with van der Waals surface area (Å²) in [4.78, 5) is 0. The Morgan fingerprint density at radius 3 is 2.47 bits per heavy atom. The molecule has 2 aromatic rings. The minimum atomic E-state index is -0.175. The number of hydrogen-bond acceptors (Lipinski definition) is 1. The molecule has 0 unspecified atom stereocenters. The highest BCUT2D eigenvalue weighted by Gasteiger charge is 2.05. The van der Waals surface area contributed by atoms with E-state index in [0.717, 1.165) is 24.1 Å². The van der Waals surface area contributed by atoms with Gasteiger partial charge < -0.3 is 5.32 Å². The fourth-order valence-electron chi connectivity index (χ4n) is 2.32. The average molecular weight is 257 g/mol. The third kappa shape index (κ3) is 3.14. The van der Waals surface area contributed by atoms with Crippen LogP contribution in [0.25, 0.3) is 0 Å². The maximum absolute atomic E-state index is 13.1. The summed E-state index contributed by atoms with van der Waals surface area (Å²) in [6.45, 7) is 6.94. The number of hydrogen-bond donors (Lipinski definition) is 1. The van der Waals surface area contributed by atoms with Gasteiger partial charge in [0.05, 0.1) is 0 Å². The monoisotopic (exact) mass is 257 g/mol. The van der Waals surface area contributed by atoms with Gasteiger partial charge in [0.25, 0.3) is 0 Å². The molecule has 0 heterocycles. The Balaban J connectivity index is 2.19. The molecule has 0 aliphatic heterocycles. The van der Waals surface area contributed by atoms with Gasteiger partial charge in [-0.15, -0.1) is 0 Å². The molecule has 0 fully saturated rings. The van der Waals surface area contributed by atoms with E-state index in [1.54, 1.807) is 6.07 Å². The highest BCUT2D eigenvalue weighted by Crippen LogP contribution is 2.22. The van der Waals surface area contributed by atoms with Gasteiger partial charge in [0.15, 0.2) is 0 Å². The molecule has 0 bridgehead atoms. The van der Waals surface area contributed by atoms with Crippen LogP contribution in [-0.2, 0) is 13.0 Å². The fraction of sp³-hybridized carbons (Fsp3) is 0.294. The van der Waals surface area contributed by atoms with Crippen LogP contribution in [0.15, 0.2) is 36.4 Å². The van der Waals surface area contributed by atoms with E-state index < -0.39 is 0 Å². The van der Waals surface area contributed by atoms with Crippen LogP contribution in [0.5, 0.6) is 0 Å². The second kappa shape index (κ2) is 5.87. The van der Waals surface area contributed by atoms with Crippen LogP contribution in [0, 0.1) is 19.7 Å². The Hall–Kier alpha value is -1.83. The smallest absolute Gasteiger partial charge is 0.123 e. The van der Waals surface area contributed by atoms with Gasteiger partial charge in [0.1, 0.15) is 5.82 Å². The molecule has 100 valence electrons. The fourth-order valence-corrected chi connectivity index (χ4v) is 2.32. The van der Waals surface area contributed by atoms with Crippen molar-refractivity contribution in [2.45, 2.75) is 33.7 Å². The molecule has 0 atom stereocenters. The summed E-state index contributed by atoms with van der Waals surface area (Å²) in [5, 5.41) is 3.49. The topological polar surface area (TPSA) is 12.0 Å². The molecule has 19 heavy (non-hydrogen) atoms. The van der Waals surface area contributed by atoms with Crippen molar-refractivity contribution in [3.05, 3.63) is 64.5 Å². The normalized spacial score (nSPS) is 10.5. The molecular formula is C17H20FN. The van der Waals surface area contributed by atoms with Crippen LogP contribution in [0.4, 0.5) is 10.1 Å². The summed E-state index contributed by atoms with van der Waals surface area (Å²) in [7, 11) is 0. The number of para-hydroxylation sites is 1. The van der Waals surface area contributed by atoms with Crippen molar-refractivity contribution in [1.29, 1.82) is 0 Å². The van der Waals surface area contributed by atoms with E-state index in [9.17, 15) is 4.39 Å². The van der Waals surface area contributed by atoms with E-state index in [4.69, 9.17) is 0 Å². The van der Waals surface area contributed by atoms with Gasteiger partial charge in [-0.25, -0.2) is 4.39 Å². The van der Waals surface area contributed by atoms with Crippen LogP contribution in [0.3, 0.4) is 0 Å². The Kier molecular flexibility index (Phi) is 4.20. The lowest BCUT2D eigenvalue weighted by Gasteiger charge is -2.15. The predicted octanol–water partition coefficient (Wildman–Crippen LogP) is 4.62. The lowest BCUT2D eigenvalue weighted by molar-refractivity contribution is 0.625. The number of rotatable bonds is 4. The molecule has 1 N–H and O–H groups in total. The van der Waals surface area contributed by atoms with Gasteiger partial charge in [0.2, 0.25) is 0 Å². The van der Waals surface area contributed by atoms with E-state index >= 15 is 0 Å². The molecule has 0 radical (unpaired) electrons. The summed E-state index contributed by atoms with van der Waals surface area (Å²) >= 11 is 0. The van der Waals surface area contributed by atoms with Crippen molar-refractivity contribution in [1.82, 2.24) is 0 Å². The number of nitrogens with one attached hydrogen (secondary N) is 1. The van der Waals surface area contributed by atoms with Gasteiger partial charge in [-0.05, 0) is 54.7 Å². The molecule has 0 amide bonds.